The van der Waals surface area contributed by atoms with Gasteiger partial charge in [0.15, 0.2) is 5.69 Å². The van der Waals surface area contributed by atoms with Crippen LogP contribution >= 0.6 is 0 Å². The fourth-order valence-corrected chi connectivity index (χ4v) is 2.66. The van der Waals surface area contributed by atoms with E-state index in [1.165, 1.54) is 15.2 Å². The van der Waals surface area contributed by atoms with Crippen LogP contribution in [0.25, 0.3) is 0 Å². The number of hydrogen-bond donors (Lipinski definition) is 1. The predicted octanol–water partition coefficient (Wildman–Crippen LogP) is -0.817. The molecule has 2 rings (SSSR count). The van der Waals surface area contributed by atoms with Crippen LogP contribution in [-0.4, -0.2) is 58.1 Å². The lowest BCUT2D eigenvalue weighted by molar-refractivity contribution is 0.0690. The van der Waals surface area contributed by atoms with Gasteiger partial charge in [-0.1, -0.05) is 5.21 Å². The number of carboxylic acids is 1. The Morgan fingerprint density at radius 2 is 2.29 bits per heavy atom. The van der Waals surface area contributed by atoms with Crippen molar-refractivity contribution in [2.75, 3.05) is 19.3 Å². The van der Waals surface area contributed by atoms with Gasteiger partial charge in [-0.25, -0.2) is 17.9 Å². The van der Waals surface area contributed by atoms with Gasteiger partial charge < -0.3 is 5.11 Å². The van der Waals surface area contributed by atoms with E-state index in [0.717, 1.165) is 6.26 Å². The van der Waals surface area contributed by atoms with E-state index in [-0.39, 0.29) is 11.7 Å². The van der Waals surface area contributed by atoms with Crippen molar-refractivity contribution in [3.05, 3.63) is 11.9 Å². The maximum absolute atomic E-state index is 11.3. The first kappa shape index (κ1) is 12.0. The van der Waals surface area contributed by atoms with Crippen LogP contribution in [-0.2, 0) is 10.0 Å². The van der Waals surface area contributed by atoms with Crippen LogP contribution in [0.1, 0.15) is 23.0 Å². The van der Waals surface area contributed by atoms with Gasteiger partial charge in [0.05, 0.1) is 18.5 Å². The second-order valence-corrected chi connectivity index (χ2v) is 5.93. The summed E-state index contributed by atoms with van der Waals surface area (Å²) in [7, 11) is -3.20. The molecule has 2 heterocycles. The molecule has 1 aromatic rings. The Balaban J connectivity index is 2.12. The lowest BCUT2D eigenvalue weighted by atomic mass is 10.3. The van der Waals surface area contributed by atoms with Gasteiger partial charge in [-0.05, 0) is 6.42 Å². The lowest BCUT2D eigenvalue weighted by Crippen LogP contribution is -2.28. The Morgan fingerprint density at radius 3 is 2.76 bits per heavy atom. The zero-order valence-corrected chi connectivity index (χ0v) is 9.96. The van der Waals surface area contributed by atoms with Crippen LogP contribution in [0, 0.1) is 0 Å². The van der Waals surface area contributed by atoms with Gasteiger partial charge in [-0.2, -0.15) is 4.31 Å². The van der Waals surface area contributed by atoms with Crippen molar-refractivity contribution in [1.29, 1.82) is 0 Å². The van der Waals surface area contributed by atoms with Gasteiger partial charge in [-0.15, -0.1) is 5.10 Å². The highest BCUT2D eigenvalue weighted by Gasteiger charge is 2.30. The number of hydrogen-bond acceptors (Lipinski definition) is 5. The van der Waals surface area contributed by atoms with Crippen molar-refractivity contribution in [3.8, 4) is 0 Å². The number of rotatable bonds is 3. The third-order valence-electron chi connectivity index (χ3n) is 2.70. The first-order chi connectivity index (χ1) is 7.88. The van der Waals surface area contributed by atoms with E-state index in [1.807, 2.05) is 0 Å². The summed E-state index contributed by atoms with van der Waals surface area (Å²) in [4.78, 5) is 10.6. The van der Waals surface area contributed by atoms with Crippen molar-refractivity contribution in [2.45, 2.75) is 12.5 Å². The Bertz CT molecular complexity index is 537. The van der Waals surface area contributed by atoms with Crippen molar-refractivity contribution in [1.82, 2.24) is 19.3 Å². The minimum absolute atomic E-state index is 0.136. The average Bonchev–Trinajstić information content (AvgIpc) is 2.85. The van der Waals surface area contributed by atoms with Gasteiger partial charge in [0.25, 0.3) is 0 Å². The molecule has 1 saturated heterocycles. The monoisotopic (exact) mass is 260 g/mol. The maximum atomic E-state index is 11.3. The summed E-state index contributed by atoms with van der Waals surface area (Å²) < 4.78 is 25.4. The van der Waals surface area contributed by atoms with Crippen molar-refractivity contribution >= 4 is 16.0 Å². The zero-order valence-electron chi connectivity index (χ0n) is 9.15. The van der Waals surface area contributed by atoms with Crippen LogP contribution in [0.5, 0.6) is 0 Å². The molecule has 17 heavy (non-hydrogen) atoms. The number of aromatic nitrogens is 3. The minimum atomic E-state index is -3.20. The van der Waals surface area contributed by atoms with Gasteiger partial charge in [-0.3, -0.25) is 0 Å². The van der Waals surface area contributed by atoms with E-state index in [2.05, 4.69) is 10.3 Å². The van der Waals surface area contributed by atoms with Gasteiger partial charge in [0, 0.05) is 13.1 Å². The topological polar surface area (TPSA) is 105 Å². The van der Waals surface area contributed by atoms with Crippen molar-refractivity contribution < 1.29 is 18.3 Å². The van der Waals surface area contributed by atoms with Crippen LogP contribution < -0.4 is 0 Å². The predicted molar refractivity (Wildman–Crippen MR) is 57.1 cm³/mol. The molecule has 1 aliphatic rings. The molecule has 9 heteroatoms. The van der Waals surface area contributed by atoms with Crippen molar-refractivity contribution in [2.24, 2.45) is 0 Å². The summed E-state index contributed by atoms with van der Waals surface area (Å²) in [5.74, 6) is -1.14. The largest absolute Gasteiger partial charge is 0.476 e. The summed E-state index contributed by atoms with van der Waals surface area (Å²) in [6.07, 6.45) is 3.08. The first-order valence-electron chi connectivity index (χ1n) is 4.98. The van der Waals surface area contributed by atoms with E-state index in [9.17, 15) is 13.2 Å². The first-order valence-corrected chi connectivity index (χ1v) is 6.83. The summed E-state index contributed by atoms with van der Waals surface area (Å²) >= 11 is 0. The van der Waals surface area contributed by atoms with Crippen LogP contribution in [0.3, 0.4) is 0 Å². The Kier molecular flexibility index (Phi) is 2.87. The fourth-order valence-electron chi connectivity index (χ4n) is 1.78. The summed E-state index contributed by atoms with van der Waals surface area (Å²) in [6.45, 7) is 0.729. The number of sulfonamides is 1. The normalized spacial score (nSPS) is 21.8. The summed E-state index contributed by atoms with van der Waals surface area (Å²) in [5, 5.41) is 15.9. The van der Waals surface area contributed by atoms with Crippen LogP contribution in [0.4, 0.5) is 0 Å². The number of carbonyl (C=O) groups is 1. The highest BCUT2D eigenvalue weighted by atomic mass is 32.2. The zero-order chi connectivity index (χ0) is 12.6. The minimum Gasteiger partial charge on any atom is -0.476 e. The standard InChI is InChI=1S/C8H12N4O4S/c1-17(15,16)11-3-2-6(4-11)12-5-7(8(13)14)9-10-12/h5-6H,2-4H2,1H3,(H,13,14). The van der Waals surface area contributed by atoms with Gasteiger partial charge in [0.2, 0.25) is 10.0 Å². The molecular weight excluding hydrogens is 248 g/mol. The molecular formula is C8H12N4O4S. The molecule has 8 nitrogen and oxygen atoms in total. The molecule has 1 atom stereocenters. The molecule has 1 N–H and O–H groups in total. The third-order valence-corrected chi connectivity index (χ3v) is 3.97. The number of carboxylic acid groups (broad SMARTS) is 1. The number of nitrogens with zero attached hydrogens (tertiary/aromatic N) is 4. The van der Waals surface area contributed by atoms with E-state index in [0.29, 0.717) is 19.5 Å². The van der Waals surface area contributed by atoms with E-state index < -0.39 is 16.0 Å². The van der Waals surface area contributed by atoms with Crippen molar-refractivity contribution in [3.63, 3.8) is 0 Å². The van der Waals surface area contributed by atoms with E-state index in [1.54, 1.807) is 0 Å². The lowest BCUT2D eigenvalue weighted by Gasteiger charge is -2.12. The molecule has 0 saturated carbocycles. The Morgan fingerprint density at radius 1 is 1.59 bits per heavy atom. The molecule has 0 aromatic carbocycles. The molecule has 0 aliphatic carbocycles. The maximum Gasteiger partial charge on any atom is 0.358 e. The summed E-state index contributed by atoms with van der Waals surface area (Å²) in [6, 6.07) is -0.148. The molecule has 1 aliphatic heterocycles. The van der Waals surface area contributed by atoms with E-state index in [4.69, 9.17) is 5.11 Å². The van der Waals surface area contributed by atoms with Crippen LogP contribution in [0.15, 0.2) is 6.20 Å². The molecule has 0 spiro atoms. The second-order valence-electron chi connectivity index (χ2n) is 3.95. The average molecular weight is 260 g/mol. The molecule has 1 unspecified atom stereocenters. The Labute approximate surface area is 97.9 Å². The highest BCUT2D eigenvalue weighted by molar-refractivity contribution is 7.88. The Hall–Kier alpha value is -1.48. The quantitative estimate of drug-likeness (QED) is 0.761. The molecule has 1 aromatic heterocycles. The molecule has 1 fully saturated rings. The van der Waals surface area contributed by atoms with Gasteiger partial charge >= 0.3 is 5.97 Å². The number of aromatic carboxylic acids is 1. The third kappa shape index (κ3) is 2.44. The molecule has 94 valence electrons. The molecule has 0 bridgehead atoms. The van der Waals surface area contributed by atoms with E-state index >= 15 is 0 Å². The SMILES string of the molecule is CS(=O)(=O)N1CCC(n2cc(C(=O)O)nn2)C1. The van der Waals surface area contributed by atoms with Gasteiger partial charge in [0.1, 0.15) is 0 Å². The second kappa shape index (κ2) is 4.08. The fraction of sp³-hybridized carbons (Fsp3) is 0.625. The molecule has 0 radical (unpaired) electrons. The smallest absolute Gasteiger partial charge is 0.358 e. The molecule has 0 amide bonds. The van der Waals surface area contributed by atoms with Crippen LogP contribution in [0.2, 0.25) is 0 Å². The highest BCUT2D eigenvalue weighted by Crippen LogP contribution is 2.22. The summed E-state index contributed by atoms with van der Waals surface area (Å²) in [5.41, 5.74) is -0.136.